The zero-order chi connectivity index (χ0) is 15.3. The van der Waals surface area contributed by atoms with Crippen molar-refractivity contribution in [2.45, 2.75) is 25.9 Å². The molecular formula is C18H23NOS. The van der Waals surface area contributed by atoms with E-state index in [1.807, 2.05) is 29.8 Å². The van der Waals surface area contributed by atoms with Gasteiger partial charge in [-0.2, -0.15) is 0 Å². The highest BCUT2D eigenvalue weighted by Crippen LogP contribution is 2.11. The Labute approximate surface area is 132 Å². The van der Waals surface area contributed by atoms with Gasteiger partial charge in [0.25, 0.3) is 0 Å². The molecule has 0 unspecified atom stereocenters. The first-order valence-corrected chi connectivity index (χ1v) is 8.13. The number of aliphatic imine (C=N–C) groups is 1. The summed E-state index contributed by atoms with van der Waals surface area (Å²) in [4.78, 5) is 3.93. The zero-order valence-corrected chi connectivity index (χ0v) is 13.5. The second kappa shape index (κ2) is 11.2. The van der Waals surface area contributed by atoms with Crippen molar-refractivity contribution in [3.8, 4) is 12.3 Å². The first-order valence-electron chi connectivity index (χ1n) is 7.08. The Morgan fingerprint density at radius 1 is 1.38 bits per heavy atom. The molecule has 3 heteroatoms. The van der Waals surface area contributed by atoms with Crippen molar-refractivity contribution >= 4 is 17.3 Å². The average Bonchev–Trinajstić information content (AvgIpc) is 2.51. The molecule has 1 rings (SSSR count). The van der Waals surface area contributed by atoms with Crippen molar-refractivity contribution in [1.29, 1.82) is 0 Å². The maximum absolute atomic E-state index is 5.67. The number of hydrogen-bond acceptors (Lipinski definition) is 3. The normalized spacial score (nSPS) is 10.7. The van der Waals surface area contributed by atoms with Gasteiger partial charge in [0.2, 0.25) is 0 Å². The molecule has 0 saturated heterocycles. The standard InChI is InChI=1S/C18H23NOS/c1-4-17-8-10-18(11-9-17)13-20-12-6-5-7-16(2)14-21-15-19-3/h1,8-11,15H,2,5-7,12-14H2,3H3. The van der Waals surface area contributed by atoms with Gasteiger partial charge in [-0.3, -0.25) is 4.99 Å². The zero-order valence-electron chi connectivity index (χ0n) is 12.7. The van der Waals surface area contributed by atoms with E-state index in [-0.39, 0.29) is 0 Å². The van der Waals surface area contributed by atoms with Crippen LogP contribution in [0.1, 0.15) is 30.4 Å². The van der Waals surface area contributed by atoms with Crippen LogP contribution in [-0.2, 0) is 11.3 Å². The highest BCUT2D eigenvalue weighted by Gasteiger charge is 1.97. The van der Waals surface area contributed by atoms with Crippen LogP contribution in [0.25, 0.3) is 0 Å². The van der Waals surface area contributed by atoms with Gasteiger partial charge in [0, 0.05) is 25.0 Å². The van der Waals surface area contributed by atoms with Crippen LogP contribution in [0.15, 0.2) is 41.4 Å². The lowest BCUT2D eigenvalue weighted by atomic mass is 10.1. The molecule has 1 aromatic rings. The van der Waals surface area contributed by atoms with E-state index in [2.05, 4.69) is 17.5 Å². The Morgan fingerprint density at radius 3 is 2.81 bits per heavy atom. The molecule has 21 heavy (non-hydrogen) atoms. The average molecular weight is 301 g/mol. The van der Waals surface area contributed by atoms with E-state index < -0.39 is 0 Å². The lowest BCUT2D eigenvalue weighted by Gasteiger charge is -2.06. The monoisotopic (exact) mass is 301 g/mol. The smallest absolute Gasteiger partial charge is 0.0716 e. The van der Waals surface area contributed by atoms with Gasteiger partial charge in [-0.25, -0.2) is 0 Å². The van der Waals surface area contributed by atoms with E-state index >= 15 is 0 Å². The number of terminal acetylenes is 1. The van der Waals surface area contributed by atoms with E-state index in [0.29, 0.717) is 6.61 Å². The van der Waals surface area contributed by atoms with Crippen LogP contribution in [0, 0.1) is 12.3 Å². The molecule has 0 amide bonds. The fourth-order valence-electron chi connectivity index (χ4n) is 1.77. The van der Waals surface area contributed by atoms with Gasteiger partial charge in [-0.15, -0.1) is 18.2 Å². The molecule has 0 aliphatic heterocycles. The van der Waals surface area contributed by atoms with Crippen molar-refractivity contribution in [3.63, 3.8) is 0 Å². The summed E-state index contributed by atoms with van der Waals surface area (Å²) >= 11 is 1.69. The third-order valence-corrected chi connectivity index (χ3v) is 3.86. The molecule has 0 spiro atoms. The first-order chi connectivity index (χ1) is 10.3. The second-order valence-electron chi connectivity index (χ2n) is 4.78. The van der Waals surface area contributed by atoms with Crippen LogP contribution in [0.2, 0.25) is 0 Å². The van der Waals surface area contributed by atoms with Crippen LogP contribution < -0.4 is 0 Å². The van der Waals surface area contributed by atoms with Crippen LogP contribution in [0.3, 0.4) is 0 Å². The van der Waals surface area contributed by atoms with Gasteiger partial charge < -0.3 is 4.74 Å². The van der Waals surface area contributed by atoms with E-state index in [1.54, 1.807) is 18.8 Å². The SMILES string of the molecule is C#Cc1ccc(COCCCCC(=C)CSC=NC)cc1. The van der Waals surface area contributed by atoms with Gasteiger partial charge in [0.1, 0.15) is 0 Å². The Kier molecular flexibility index (Phi) is 9.35. The Balaban J connectivity index is 2.04. The molecule has 0 aliphatic carbocycles. The fraction of sp³-hybridized carbons (Fsp3) is 0.389. The van der Waals surface area contributed by atoms with E-state index in [9.17, 15) is 0 Å². The fourth-order valence-corrected chi connectivity index (χ4v) is 2.37. The molecule has 0 N–H and O–H groups in total. The maximum atomic E-state index is 5.67. The third-order valence-electron chi connectivity index (χ3n) is 2.93. The second-order valence-corrected chi connectivity index (χ2v) is 5.61. The maximum Gasteiger partial charge on any atom is 0.0716 e. The predicted octanol–water partition coefficient (Wildman–Crippen LogP) is 4.30. The summed E-state index contributed by atoms with van der Waals surface area (Å²) in [6.07, 6.45) is 8.57. The molecule has 0 saturated carbocycles. The van der Waals surface area contributed by atoms with Crippen molar-refractivity contribution in [1.82, 2.24) is 0 Å². The number of benzene rings is 1. The topological polar surface area (TPSA) is 21.6 Å². The molecular weight excluding hydrogens is 278 g/mol. The molecule has 0 atom stereocenters. The van der Waals surface area contributed by atoms with Crippen molar-refractivity contribution in [2.75, 3.05) is 19.4 Å². The molecule has 2 nitrogen and oxygen atoms in total. The number of unbranched alkanes of at least 4 members (excludes halogenated alkanes) is 1. The van der Waals surface area contributed by atoms with Gasteiger partial charge >= 0.3 is 0 Å². The summed E-state index contributed by atoms with van der Waals surface area (Å²) in [5, 5.41) is 0. The Morgan fingerprint density at radius 2 is 2.14 bits per heavy atom. The minimum atomic E-state index is 0.647. The van der Waals surface area contributed by atoms with Crippen molar-refractivity contribution in [3.05, 3.63) is 47.5 Å². The van der Waals surface area contributed by atoms with Gasteiger partial charge in [0.15, 0.2) is 0 Å². The van der Waals surface area contributed by atoms with Gasteiger partial charge in [-0.1, -0.05) is 30.2 Å². The summed E-state index contributed by atoms with van der Waals surface area (Å²) in [7, 11) is 1.78. The van der Waals surface area contributed by atoms with Crippen LogP contribution in [0.5, 0.6) is 0 Å². The van der Waals surface area contributed by atoms with Gasteiger partial charge in [-0.05, 0) is 37.0 Å². The molecule has 0 radical (unpaired) electrons. The predicted molar refractivity (Wildman–Crippen MR) is 93.9 cm³/mol. The Bertz CT molecular complexity index is 485. The summed E-state index contributed by atoms with van der Waals surface area (Å²) in [5.41, 5.74) is 5.20. The molecule has 112 valence electrons. The molecule has 0 heterocycles. The third kappa shape index (κ3) is 8.39. The molecule has 0 aromatic heterocycles. The lowest BCUT2D eigenvalue weighted by Crippen LogP contribution is -1.96. The number of thioether (sulfide) groups is 1. The van der Waals surface area contributed by atoms with Crippen molar-refractivity contribution in [2.24, 2.45) is 4.99 Å². The van der Waals surface area contributed by atoms with E-state index in [4.69, 9.17) is 11.2 Å². The quantitative estimate of drug-likeness (QED) is 0.211. The largest absolute Gasteiger partial charge is 0.377 e. The summed E-state index contributed by atoms with van der Waals surface area (Å²) in [6, 6.07) is 7.92. The van der Waals surface area contributed by atoms with Gasteiger partial charge in [0.05, 0.1) is 12.2 Å². The molecule has 0 aliphatic rings. The molecule has 1 aromatic carbocycles. The minimum absolute atomic E-state index is 0.647. The highest BCUT2D eigenvalue weighted by molar-refractivity contribution is 8.12. The summed E-state index contributed by atoms with van der Waals surface area (Å²) < 4.78 is 5.67. The number of nitrogens with zero attached hydrogens (tertiary/aromatic N) is 1. The number of rotatable bonds is 10. The van der Waals surface area contributed by atoms with Crippen LogP contribution >= 0.6 is 11.8 Å². The molecule has 0 bridgehead atoms. The van der Waals surface area contributed by atoms with E-state index in [0.717, 1.165) is 42.7 Å². The minimum Gasteiger partial charge on any atom is -0.377 e. The number of ether oxygens (including phenoxy) is 1. The van der Waals surface area contributed by atoms with Crippen LogP contribution in [-0.4, -0.2) is 25.0 Å². The van der Waals surface area contributed by atoms with Crippen LogP contribution in [0.4, 0.5) is 0 Å². The highest BCUT2D eigenvalue weighted by atomic mass is 32.2. The van der Waals surface area contributed by atoms with Crippen molar-refractivity contribution < 1.29 is 4.74 Å². The molecule has 0 fully saturated rings. The lowest BCUT2D eigenvalue weighted by molar-refractivity contribution is 0.117. The Hall–Kier alpha value is -1.50. The number of hydrogen-bond donors (Lipinski definition) is 0. The van der Waals surface area contributed by atoms with E-state index in [1.165, 1.54) is 5.57 Å². The summed E-state index contributed by atoms with van der Waals surface area (Å²) in [6.45, 7) is 5.50. The first kappa shape index (κ1) is 17.6. The summed E-state index contributed by atoms with van der Waals surface area (Å²) in [5.74, 6) is 3.57.